The molecule has 1 heterocycles. The van der Waals surface area contributed by atoms with Gasteiger partial charge < -0.3 is 5.73 Å². The van der Waals surface area contributed by atoms with Crippen molar-refractivity contribution < 1.29 is 0 Å². The molecule has 0 unspecified atom stereocenters. The van der Waals surface area contributed by atoms with E-state index in [1.807, 2.05) is 20.8 Å². The molecular formula is C10H15N3S2. The van der Waals surface area contributed by atoms with E-state index in [9.17, 15) is 0 Å². The zero-order valence-corrected chi connectivity index (χ0v) is 10.8. The lowest BCUT2D eigenvalue weighted by Gasteiger charge is -2.13. The maximum atomic E-state index is 8.86. The Morgan fingerprint density at radius 3 is 2.73 bits per heavy atom. The van der Waals surface area contributed by atoms with E-state index in [1.165, 1.54) is 15.5 Å². The fourth-order valence-corrected chi connectivity index (χ4v) is 3.35. The zero-order valence-electron chi connectivity index (χ0n) is 9.20. The van der Waals surface area contributed by atoms with Crippen molar-refractivity contribution in [3.8, 4) is 6.07 Å². The third kappa shape index (κ3) is 3.73. The van der Waals surface area contributed by atoms with Crippen LogP contribution in [0.25, 0.3) is 0 Å². The normalized spacial score (nSPS) is 11.3. The lowest BCUT2D eigenvalue weighted by Crippen LogP contribution is -2.08. The monoisotopic (exact) mass is 241 g/mol. The van der Waals surface area contributed by atoms with E-state index < -0.39 is 0 Å². The molecule has 0 saturated carbocycles. The van der Waals surface area contributed by atoms with Crippen LogP contribution >= 0.6 is 23.1 Å². The second-order valence-electron chi connectivity index (χ2n) is 4.02. The van der Waals surface area contributed by atoms with Gasteiger partial charge in [-0.2, -0.15) is 5.26 Å². The van der Waals surface area contributed by atoms with Crippen LogP contribution in [0.4, 0.5) is 5.13 Å². The van der Waals surface area contributed by atoms with Gasteiger partial charge in [-0.1, -0.05) is 11.3 Å². The number of thiazole rings is 1. The highest BCUT2D eigenvalue weighted by molar-refractivity contribution is 8.01. The number of nitriles is 1. The minimum atomic E-state index is -0.239. The summed E-state index contributed by atoms with van der Waals surface area (Å²) in [4.78, 5) is 4.16. The van der Waals surface area contributed by atoms with Crippen molar-refractivity contribution in [2.75, 3.05) is 11.5 Å². The Hall–Kier alpha value is -0.730. The third-order valence-electron chi connectivity index (χ3n) is 2.03. The molecule has 0 aliphatic rings. The first-order chi connectivity index (χ1) is 6.94. The Morgan fingerprint density at radius 2 is 2.27 bits per heavy atom. The van der Waals surface area contributed by atoms with Gasteiger partial charge in [0.05, 0.1) is 21.4 Å². The third-order valence-corrected chi connectivity index (χ3v) is 4.38. The van der Waals surface area contributed by atoms with Crippen LogP contribution in [0.15, 0.2) is 4.21 Å². The molecule has 0 aliphatic carbocycles. The summed E-state index contributed by atoms with van der Waals surface area (Å²) in [5.74, 6) is 0.934. The standard InChI is InChI=1S/C10H15N3S2/c1-7-8(15-9(12)13-7)14-5-4-10(2,3)6-11/h4-5H2,1-3H3,(H2,12,13). The van der Waals surface area contributed by atoms with Crippen molar-refractivity contribution in [2.45, 2.75) is 31.4 Å². The van der Waals surface area contributed by atoms with Crippen LogP contribution in [0.5, 0.6) is 0 Å². The predicted molar refractivity (Wildman–Crippen MR) is 66.0 cm³/mol. The summed E-state index contributed by atoms with van der Waals surface area (Å²) in [5, 5.41) is 9.48. The van der Waals surface area contributed by atoms with Gasteiger partial charge in [-0.25, -0.2) is 4.98 Å². The first-order valence-electron chi connectivity index (χ1n) is 4.71. The molecule has 15 heavy (non-hydrogen) atoms. The largest absolute Gasteiger partial charge is 0.375 e. The molecule has 1 aromatic heterocycles. The fourth-order valence-electron chi connectivity index (χ4n) is 0.991. The van der Waals surface area contributed by atoms with Gasteiger partial charge in [0.1, 0.15) is 0 Å². The van der Waals surface area contributed by atoms with Crippen molar-refractivity contribution in [1.29, 1.82) is 5.26 Å². The Morgan fingerprint density at radius 1 is 1.60 bits per heavy atom. The molecule has 0 radical (unpaired) electrons. The minimum absolute atomic E-state index is 0.239. The number of hydrogen-bond donors (Lipinski definition) is 1. The van der Waals surface area contributed by atoms with Crippen LogP contribution in [0.3, 0.4) is 0 Å². The van der Waals surface area contributed by atoms with Crippen LogP contribution in [0.2, 0.25) is 0 Å². The first kappa shape index (κ1) is 12.3. The summed E-state index contributed by atoms with van der Waals surface area (Å²) < 4.78 is 1.17. The maximum absolute atomic E-state index is 8.86. The van der Waals surface area contributed by atoms with Gasteiger partial charge in [0.25, 0.3) is 0 Å². The molecule has 0 aliphatic heterocycles. The van der Waals surface area contributed by atoms with Crippen LogP contribution in [-0.2, 0) is 0 Å². The molecule has 1 aromatic rings. The van der Waals surface area contributed by atoms with Gasteiger partial charge in [-0.3, -0.25) is 0 Å². The number of anilines is 1. The quantitative estimate of drug-likeness (QED) is 0.823. The van der Waals surface area contributed by atoms with E-state index in [0.717, 1.165) is 17.9 Å². The van der Waals surface area contributed by atoms with Gasteiger partial charge in [0.15, 0.2) is 5.13 Å². The summed E-state index contributed by atoms with van der Waals surface area (Å²) in [7, 11) is 0. The van der Waals surface area contributed by atoms with Gasteiger partial charge >= 0.3 is 0 Å². The van der Waals surface area contributed by atoms with E-state index in [4.69, 9.17) is 11.0 Å². The van der Waals surface area contributed by atoms with Crippen LogP contribution in [0.1, 0.15) is 26.0 Å². The number of hydrogen-bond acceptors (Lipinski definition) is 5. The lowest BCUT2D eigenvalue weighted by molar-refractivity contribution is 0.482. The molecule has 0 spiro atoms. The molecule has 0 saturated heterocycles. The summed E-state index contributed by atoms with van der Waals surface area (Å²) >= 11 is 3.25. The first-order valence-corrected chi connectivity index (χ1v) is 6.52. The highest BCUT2D eigenvalue weighted by Gasteiger charge is 2.16. The average molecular weight is 241 g/mol. The van der Waals surface area contributed by atoms with E-state index in [-0.39, 0.29) is 5.41 Å². The van der Waals surface area contributed by atoms with Gasteiger partial charge in [-0.05, 0) is 27.2 Å². The SMILES string of the molecule is Cc1nc(N)sc1SCCC(C)(C)C#N. The minimum Gasteiger partial charge on any atom is -0.375 e. The molecule has 3 nitrogen and oxygen atoms in total. The smallest absolute Gasteiger partial charge is 0.181 e. The fraction of sp³-hybridized carbons (Fsp3) is 0.600. The molecule has 0 aromatic carbocycles. The highest BCUT2D eigenvalue weighted by atomic mass is 32.2. The van der Waals surface area contributed by atoms with Crippen LogP contribution in [0, 0.1) is 23.7 Å². The van der Waals surface area contributed by atoms with Crippen LogP contribution in [-0.4, -0.2) is 10.7 Å². The van der Waals surface area contributed by atoms with Crippen molar-refractivity contribution in [2.24, 2.45) is 5.41 Å². The van der Waals surface area contributed by atoms with Crippen molar-refractivity contribution >= 4 is 28.2 Å². The van der Waals surface area contributed by atoms with E-state index in [0.29, 0.717) is 5.13 Å². The molecule has 82 valence electrons. The average Bonchev–Trinajstić information content (AvgIpc) is 2.45. The van der Waals surface area contributed by atoms with Crippen LogP contribution < -0.4 is 5.73 Å². The second kappa shape index (κ2) is 4.86. The Kier molecular flexibility index (Phi) is 4.00. The van der Waals surface area contributed by atoms with Gasteiger partial charge in [0, 0.05) is 5.75 Å². The van der Waals surface area contributed by atoms with E-state index in [2.05, 4.69) is 11.1 Å². The number of aryl methyl sites for hydroxylation is 1. The summed E-state index contributed by atoms with van der Waals surface area (Å²) in [6, 6.07) is 2.30. The lowest BCUT2D eigenvalue weighted by atomic mass is 9.93. The number of nitrogens with zero attached hydrogens (tertiary/aromatic N) is 2. The maximum Gasteiger partial charge on any atom is 0.181 e. The molecule has 2 N–H and O–H groups in total. The molecular weight excluding hydrogens is 226 g/mol. The molecule has 0 fully saturated rings. The van der Waals surface area contributed by atoms with Gasteiger partial charge in [-0.15, -0.1) is 11.8 Å². The number of thioether (sulfide) groups is 1. The summed E-state index contributed by atoms with van der Waals surface area (Å²) in [5.41, 5.74) is 6.36. The van der Waals surface area contributed by atoms with Crippen molar-refractivity contribution in [3.05, 3.63) is 5.69 Å². The van der Waals surface area contributed by atoms with E-state index in [1.54, 1.807) is 11.8 Å². The molecule has 0 bridgehead atoms. The zero-order chi connectivity index (χ0) is 11.5. The Bertz CT molecular complexity index is 377. The van der Waals surface area contributed by atoms with Gasteiger partial charge in [0.2, 0.25) is 0 Å². The Labute approximate surface area is 98.7 Å². The highest BCUT2D eigenvalue weighted by Crippen LogP contribution is 2.32. The van der Waals surface area contributed by atoms with Crippen molar-refractivity contribution in [1.82, 2.24) is 4.98 Å². The number of rotatable bonds is 4. The molecule has 5 heteroatoms. The van der Waals surface area contributed by atoms with E-state index >= 15 is 0 Å². The van der Waals surface area contributed by atoms with Crippen molar-refractivity contribution in [3.63, 3.8) is 0 Å². The number of aromatic nitrogens is 1. The second-order valence-corrected chi connectivity index (χ2v) is 6.41. The topological polar surface area (TPSA) is 62.7 Å². The number of nitrogens with two attached hydrogens (primary N) is 1. The molecule has 0 amide bonds. The molecule has 0 atom stereocenters. The Balaban J connectivity index is 2.46. The summed E-state index contributed by atoms with van der Waals surface area (Å²) in [6.45, 7) is 5.88. The summed E-state index contributed by atoms with van der Waals surface area (Å²) in [6.07, 6.45) is 0.880. The predicted octanol–water partition coefficient (Wildman–Crippen LogP) is 3.07. The molecule has 1 rings (SSSR count). The number of nitrogen functional groups attached to an aromatic ring is 1.